The van der Waals surface area contributed by atoms with Gasteiger partial charge in [0.2, 0.25) is 0 Å². The van der Waals surface area contributed by atoms with Gasteiger partial charge >= 0.3 is 19.8 Å². The predicted octanol–water partition coefficient (Wildman–Crippen LogP) is 0.512. The van der Waals surface area contributed by atoms with Crippen molar-refractivity contribution in [1.29, 1.82) is 0 Å². The van der Waals surface area contributed by atoms with Gasteiger partial charge in [-0.25, -0.2) is 0 Å². The Hall–Kier alpha value is 1.03. The minimum atomic E-state index is 0. The van der Waals surface area contributed by atoms with E-state index in [4.69, 9.17) is 3.83 Å². The van der Waals surface area contributed by atoms with E-state index in [1.54, 1.807) is 0 Å². The molecule has 0 aromatic rings. The third kappa shape index (κ3) is 11.7. The first kappa shape index (κ1) is 19.8. The number of hydrogen-bond acceptors (Lipinski definition) is 1. The molecule has 0 heterocycles. The van der Waals surface area contributed by atoms with Crippen LogP contribution in [0.5, 0.6) is 0 Å². The van der Waals surface area contributed by atoms with Crippen LogP contribution >= 0.6 is 0 Å². The minimum absolute atomic E-state index is 0. The Labute approximate surface area is 49.1 Å². The zero-order chi connectivity index (χ0) is 2.00. The normalized spacial score (nSPS) is 1.50. The molecule has 0 aliphatic rings. The van der Waals surface area contributed by atoms with Crippen LogP contribution in [-0.2, 0) is 41.5 Å². The molecule has 0 radical (unpaired) electrons. The molecule has 0 bridgehead atoms. The standard InChI is InChI=1S/CH4.Cu.O.Ti/h1H4;;;. The minimum Gasteiger partial charge on any atom is 0 e. The first-order chi connectivity index (χ1) is 1.00. The monoisotopic (exact) mass is 143 g/mol. The van der Waals surface area contributed by atoms with Gasteiger partial charge in [0, 0.05) is 21.7 Å². The van der Waals surface area contributed by atoms with E-state index in [1.807, 2.05) is 0 Å². The molecule has 0 saturated heterocycles. The SMILES string of the molecule is C.[O]=[Cu].[Ti]. The van der Waals surface area contributed by atoms with Crippen LogP contribution in [0.2, 0.25) is 0 Å². The van der Waals surface area contributed by atoms with E-state index in [-0.39, 0.29) is 29.1 Å². The van der Waals surface area contributed by atoms with Crippen molar-refractivity contribution in [3.05, 3.63) is 0 Å². The maximum Gasteiger partial charge on any atom is 0 e. The second-order valence-corrected chi connectivity index (χ2v) is 0. The van der Waals surface area contributed by atoms with Gasteiger partial charge in [-0.3, -0.25) is 0 Å². The topological polar surface area (TPSA) is 17.1 Å². The first-order valence-electron chi connectivity index (χ1n) is 0.123. The molecule has 0 N–H and O–H groups in total. The van der Waals surface area contributed by atoms with Gasteiger partial charge in [0.25, 0.3) is 0 Å². The van der Waals surface area contributed by atoms with E-state index in [1.165, 1.54) is 0 Å². The quantitative estimate of drug-likeness (QED) is 0.452. The van der Waals surface area contributed by atoms with E-state index >= 15 is 0 Å². The van der Waals surface area contributed by atoms with E-state index < -0.39 is 0 Å². The van der Waals surface area contributed by atoms with E-state index in [0.717, 1.165) is 0 Å². The molecule has 4 heavy (non-hydrogen) atoms. The molecule has 29 valence electrons. The summed E-state index contributed by atoms with van der Waals surface area (Å²) in [5, 5.41) is 0. The molecule has 0 fully saturated rings. The third-order valence-corrected chi connectivity index (χ3v) is 0. The second-order valence-electron chi connectivity index (χ2n) is 0. The molecule has 0 atom stereocenters. The fourth-order valence-corrected chi connectivity index (χ4v) is 0. The third-order valence-electron chi connectivity index (χ3n) is 0. The number of rotatable bonds is 0. The van der Waals surface area contributed by atoms with Crippen molar-refractivity contribution >= 4 is 0 Å². The van der Waals surface area contributed by atoms with Crippen molar-refractivity contribution in [2.24, 2.45) is 0 Å². The van der Waals surface area contributed by atoms with Gasteiger partial charge in [0.15, 0.2) is 0 Å². The van der Waals surface area contributed by atoms with Gasteiger partial charge in [-0.2, -0.15) is 0 Å². The molecule has 0 saturated carbocycles. The van der Waals surface area contributed by atoms with Crippen molar-refractivity contribution in [2.45, 2.75) is 7.43 Å². The fraction of sp³-hybridized carbons (Fsp3) is 1.00. The molecule has 0 aliphatic heterocycles. The molecular weight excluding hydrogens is 139 g/mol. The zero-order valence-electron chi connectivity index (χ0n) is 1.21. The van der Waals surface area contributed by atoms with E-state index in [2.05, 4.69) is 15.9 Å². The summed E-state index contributed by atoms with van der Waals surface area (Å²) in [5.74, 6) is 0. The van der Waals surface area contributed by atoms with Gasteiger partial charge in [0.1, 0.15) is 0 Å². The summed E-state index contributed by atoms with van der Waals surface area (Å²) < 4.78 is 7.81. The smallest absolute Gasteiger partial charge is 0 e. The Morgan fingerprint density at radius 3 is 1.25 bits per heavy atom. The molecular formula is CH4CuOTi. The van der Waals surface area contributed by atoms with Crippen LogP contribution in [0, 0.1) is 0 Å². The Morgan fingerprint density at radius 2 is 1.25 bits per heavy atom. The summed E-state index contributed by atoms with van der Waals surface area (Å²) in [6.07, 6.45) is 0. The first-order valence-corrected chi connectivity index (χ1v) is 0.508. The van der Waals surface area contributed by atoms with Crippen LogP contribution in [0.25, 0.3) is 0 Å². The van der Waals surface area contributed by atoms with Crippen LogP contribution in [0.15, 0.2) is 0 Å². The summed E-state index contributed by atoms with van der Waals surface area (Å²) in [4.78, 5) is 0. The van der Waals surface area contributed by atoms with Gasteiger partial charge < -0.3 is 0 Å². The summed E-state index contributed by atoms with van der Waals surface area (Å²) in [5.41, 5.74) is 0. The van der Waals surface area contributed by atoms with Gasteiger partial charge in [0.05, 0.1) is 0 Å². The van der Waals surface area contributed by atoms with E-state index in [9.17, 15) is 0 Å². The molecule has 3 heteroatoms. The average molecular weight is 143 g/mol. The average Bonchev–Trinajstić information content (AvgIpc) is 1.00. The fourth-order valence-electron chi connectivity index (χ4n) is 0. The van der Waals surface area contributed by atoms with Crippen LogP contribution in [0.4, 0.5) is 0 Å². The van der Waals surface area contributed by atoms with Crippen molar-refractivity contribution in [1.82, 2.24) is 0 Å². The molecule has 0 aliphatic carbocycles. The van der Waals surface area contributed by atoms with Gasteiger partial charge in [-0.05, 0) is 0 Å². The predicted molar refractivity (Wildman–Crippen MR) is 7.42 cm³/mol. The zero-order valence-corrected chi connectivity index (χ0v) is 3.71. The Morgan fingerprint density at radius 1 is 1.25 bits per heavy atom. The molecule has 0 rings (SSSR count). The summed E-state index contributed by atoms with van der Waals surface area (Å²) in [6.45, 7) is 0. The maximum atomic E-state index is 7.81. The van der Waals surface area contributed by atoms with Crippen molar-refractivity contribution in [2.75, 3.05) is 0 Å². The van der Waals surface area contributed by atoms with Gasteiger partial charge in [-0.1, -0.05) is 7.43 Å². The summed E-state index contributed by atoms with van der Waals surface area (Å²) in [7, 11) is 0. The molecule has 0 aromatic carbocycles. The van der Waals surface area contributed by atoms with Crippen molar-refractivity contribution in [3.63, 3.8) is 0 Å². The molecule has 0 aromatic heterocycles. The molecule has 0 spiro atoms. The Balaban J connectivity index is -0.00000000500. The molecule has 1 nitrogen and oxygen atoms in total. The molecule has 0 amide bonds. The Bertz CT molecular complexity index is 8.00. The number of hydrogen-bond donors (Lipinski definition) is 0. The Kier molecular flexibility index (Phi) is 172. The summed E-state index contributed by atoms with van der Waals surface area (Å²) in [6, 6.07) is 0. The molecule has 0 unspecified atom stereocenters. The summed E-state index contributed by atoms with van der Waals surface area (Å²) >= 11 is 2.94. The van der Waals surface area contributed by atoms with Gasteiger partial charge in [-0.15, -0.1) is 0 Å². The second kappa shape index (κ2) is 34.7. The van der Waals surface area contributed by atoms with Crippen LogP contribution < -0.4 is 0 Å². The maximum absolute atomic E-state index is 7.81. The van der Waals surface area contributed by atoms with E-state index in [0.29, 0.717) is 0 Å². The van der Waals surface area contributed by atoms with Crippen LogP contribution in [-0.4, -0.2) is 0 Å². The van der Waals surface area contributed by atoms with Crippen molar-refractivity contribution in [3.8, 4) is 0 Å². The largest absolute Gasteiger partial charge is 0 e. The van der Waals surface area contributed by atoms with Crippen LogP contribution in [0.3, 0.4) is 0 Å². The van der Waals surface area contributed by atoms with Crippen LogP contribution in [0.1, 0.15) is 7.43 Å². The van der Waals surface area contributed by atoms with Crippen molar-refractivity contribution < 1.29 is 41.5 Å².